The summed E-state index contributed by atoms with van der Waals surface area (Å²) >= 11 is 0. The van der Waals surface area contributed by atoms with Crippen molar-refractivity contribution in [2.75, 3.05) is 52.4 Å². The zero-order chi connectivity index (χ0) is 21.7. The molecule has 0 saturated carbocycles. The van der Waals surface area contributed by atoms with Crippen molar-refractivity contribution in [2.45, 2.75) is 38.0 Å². The molecule has 2 saturated heterocycles. The van der Waals surface area contributed by atoms with E-state index in [4.69, 9.17) is 0 Å². The lowest BCUT2D eigenvalue weighted by Gasteiger charge is -2.30. The fourth-order valence-electron chi connectivity index (χ4n) is 3.95. The first-order valence-electron chi connectivity index (χ1n) is 10.6. The molecule has 0 radical (unpaired) electrons. The van der Waals surface area contributed by atoms with Gasteiger partial charge in [-0.25, -0.2) is 8.42 Å². The van der Waals surface area contributed by atoms with Crippen LogP contribution in [-0.2, 0) is 19.6 Å². The highest BCUT2D eigenvalue weighted by Gasteiger charge is 2.30. The van der Waals surface area contributed by atoms with Gasteiger partial charge < -0.3 is 15.1 Å². The first-order chi connectivity index (χ1) is 14.3. The number of nitrogens with one attached hydrogen (secondary N) is 1. The van der Waals surface area contributed by atoms with Crippen LogP contribution in [0.2, 0.25) is 0 Å². The van der Waals surface area contributed by atoms with Crippen molar-refractivity contribution in [3.8, 4) is 0 Å². The van der Waals surface area contributed by atoms with Crippen LogP contribution in [0.25, 0.3) is 0 Å². The van der Waals surface area contributed by atoms with Crippen LogP contribution >= 0.6 is 0 Å². The molecule has 1 aromatic carbocycles. The molecular weight excluding hydrogens is 404 g/mol. The number of hydrogen-bond donors (Lipinski definition) is 1. The van der Waals surface area contributed by atoms with Gasteiger partial charge in [0.1, 0.15) is 0 Å². The molecule has 0 atom stereocenters. The van der Waals surface area contributed by atoms with Crippen LogP contribution in [0.5, 0.6) is 0 Å². The molecule has 2 aliphatic heterocycles. The minimum Gasteiger partial charge on any atom is -0.343 e. The van der Waals surface area contributed by atoms with Crippen molar-refractivity contribution in [1.82, 2.24) is 19.4 Å². The normalized spacial score (nSPS) is 17.8. The Labute approximate surface area is 179 Å². The summed E-state index contributed by atoms with van der Waals surface area (Å²) in [6, 6.07) is 5.34. The van der Waals surface area contributed by atoms with Gasteiger partial charge >= 0.3 is 0 Å². The molecule has 2 heterocycles. The Balaban J connectivity index is 1.77. The topological polar surface area (TPSA) is 90.0 Å². The van der Waals surface area contributed by atoms with E-state index >= 15 is 0 Å². The van der Waals surface area contributed by atoms with Gasteiger partial charge in [0.05, 0.1) is 11.4 Å². The Bertz CT molecular complexity index is 881. The van der Waals surface area contributed by atoms with Crippen LogP contribution in [-0.4, -0.2) is 86.7 Å². The Morgan fingerprint density at radius 2 is 1.90 bits per heavy atom. The number of aryl methyl sites for hydroxylation is 2. The second-order valence-electron chi connectivity index (χ2n) is 8.08. The van der Waals surface area contributed by atoms with E-state index in [-0.39, 0.29) is 29.8 Å². The van der Waals surface area contributed by atoms with Crippen LogP contribution in [0.15, 0.2) is 23.1 Å². The molecule has 166 valence electrons. The van der Waals surface area contributed by atoms with Crippen molar-refractivity contribution < 1.29 is 18.0 Å². The molecule has 0 unspecified atom stereocenters. The van der Waals surface area contributed by atoms with E-state index in [0.717, 1.165) is 18.5 Å². The van der Waals surface area contributed by atoms with Gasteiger partial charge in [-0.2, -0.15) is 4.31 Å². The van der Waals surface area contributed by atoms with Crippen molar-refractivity contribution in [1.29, 1.82) is 0 Å². The third-order valence-corrected chi connectivity index (χ3v) is 7.74. The fraction of sp³-hybridized carbons (Fsp3) is 0.619. The van der Waals surface area contributed by atoms with E-state index < -0.39 is 10.0 Å². The zero-order valence-electron chi connectivity index (χ0n) is 17.9. The summed E-state index contributed by atoms with van der Waals surface area (Å²) in [7, 11) is -3.83. The lowest BCUT2D eigenvalue weighted by atomic mass is 10.2. The van der Waals surface area contributed by atoms with Crippen LogP contribution in [0.3, 0.4) is 0 Å². The minimum atomic E-state index is -3.83. The average molecular weight is 437 g/mol. The van der Waals surface area contributed by atoms with Gasteiger partial charge in [0, 0.05) is 52.2 Å². The quantitative estimate of drug-likeness (QED) is 0.649. The maximum atomic E-state index is 13.5. The number of nitrogens with zero attached hydrogens (tertiary/aromatic N) is 3. The van der Waals surface area contributed by atoms with E-state index in [1.165, 1.54) is 4.31 Å². The van der Waals surface area contributed by atoms with Crippen molar-refractivity contribution in [3.05, 3.63) is 29.3 Å². The molecule has 1 aromatic rings. The highest BCUT2D eigenvalue weighted by molar-refractivity contribution is 7.89. The number of likely N-dealkylation sites (tertiary alicyclic amines) is 1. The lowest BCUT2D eigenvalue weighted by Crippen LogP contribution is -2.50. The van der Waals surface area contributed by atoms with Gasteiger partial charge in [-0.15, -0.1) is 0 Å². The third-order valence-electron chi connectivity index (χ3n) is 5.75. The molecule has 0 spiro atoms. The highest BCUT2D eigenvalue weighted by atomic mass is 32.2. The summed E-state index contributed by atoms with van der Waals surface area (Å²) in [6.45, 7) is 7.48. The van der Waals surface area contributed by atoms with E-state index in [1.807, 2.05) is 13.0 Å². The largest absolute Gasteiger partial charge is 0.343 e. The monoisotopic (exact) mass is 436 g/mol. The maximum absolute atomic E-state index is 13.5. The summed E-state index contributed by atoms with van der Waals surface area (Å²) in [5, 5.41) is 3.20. The van der Waals surface area contributed by atoms with Gasteiger partial charge in [-0.1, -0.05) is 12.1 Å². The first-order valence-corrected chi connectivity index (χ1v) is 12.1. The SMILES string of the molecule is Cc1ccc(C)c(S(=O)(=O)N(CCCN2CCCC2=O)CC(=O)N2CCNCC2)c1. The number of rotatable bonds is 8. The van der Waals surface area contributed by atoms with Crippen LogP contribution in [0.4, 0.5) is 0 Å². The zero-order valence-corrected chi connectivity index (χ0v) is 18.7. The fourth-order valence-corrected chi connectivity index (χ4v) is 5.69. The highest BCUT2D eigenvalue weighted by Crippen LogP contribution is 2.22. The van der Waals surface area contributed by atoms with Gasteiger partial charge in [-0.3, -0.25) is 9.59 Å². The van der Waals surface area contributed by atoms with E-state index in [9.17, 15) is 18.0 Å². The number of carbonyl (C=O) groups excluding carboxylic acids is 2. The number of amides is 2. The summed E-state index contributed by atoms with van der Waals surface area (Å²) in [6.07, 6.45) is 1.92. The van der Waals surface area contributed by atoms with Crippen LogP contribution < -0.4 is 5.32 Å². The summed E-state index contributed by atoms with van der Waals surface area (Å²) in [4.78, 5) is 28.4. The Morgan fingerprint density at radius 3 is 2.57 bits per heavy atom. The molecule has 9 heteroatoms. The van der Waals surface area contributed by atoms with E-state index in [0.29, 0.717) is 51.1 Å². The van der Waals surface area contributed by atoms with Crippen molar-refractivity contribution >= 4 is 21.8 Å². The third kappa shape index (κ3) is 5.39. The molecule has 2 aliphatic rings. The molecule has 1 N–H and O–H groups in total. The van der Waals surface area contributed by atoms with E-state index in [2.05, 4.69) is 5.32 Å². The Hall–Kier alpha value is -1.97. The second kappa shape index (κ2) is 9.89. The van der Waals surface area contributed by atoms with Crippen molar-refractivity contribution in [3.63, 3.8) is 0 Å². The number of benzene rings is 1. The molecule has 2 amide bonds. The number of sulfonamides is 1. The van der Waals surface area contributed by atoms with Gasteiger partial charge in [0.2, 0.25) is 21.8 Å². The predicted molar refractivity (Wildman–Crippen MR) is 115 cm³/mol. The van der Waals surface area contributed by atoms with Gasteiger partial charge in [0.15, 0.2) is 0 Å². The Morgan fingerprint density at radius 1 is 1.17 bits per heavy atom. The summed E-state index contributed by atoms with van der Waals surface area (Å²) in [5.74, 6) is -0.0570. The minimum absolute atomic E-state index is 0.121. The lowest BCUT2D eigenvalue weighted by molar-refractivity contribution is -0.132. The molecule has 0 bridgehead atoms. The molecule has 2 fully saturated rings. The van der Waals surface area contributed by atoms with Crippen LogP contribution in [0.1, 0.15) is 30.4 Å². The first kappa shape index (κ1) is 22.7. The molecular formula is C21H32N4O4S. The van der Waals surface area contributed by atoms with Crippen molar-refractivity contribution in [2.24, 2.45) is 0 Å². The average Bonchev–Trinajstić information content (AvgIpc) is 3.14. The standard InChI is InChI=1S/C21H32N4O4S/c1-17-6-7-18(2)19(15-17)30(28,29)25(12-4-11-23-10-3-5-20(23)26)16-21(27)24-13-8-22-9-14-24/h6-7,15,22H,3-5,8-14,16H2,1-2H3. The maximum Gasteiger partial charge on any atom is 0.243 e. The summed E-state index contributed by atoms with van der Waals surface area (Å²) in [5.41, 5.74) is 1.52. The van der Waals surface area contributed by atoms with Gasteiger partial charge in [-0.05, 0) is 43.9 Å². The second-order valence-corrected chi connectivity index (χ2v) is 9.98. The molecule has 0 aromatic heterocycles. The number of hydrogen-bond acceptors (Lipinski definition) is 5. The van der Waals surface area contributed by atoms with Crippen LogP contribution in [0, 0.1) is 13.8 Å². The number of carbonyl (C=O) groups is 2. The molecule has 8 nitrogen and oxygen atoms in total. The van der Waals surface area contributed by atoms with Gasteiger partial charge in [0.25, 0.3) is 0 Å². The predicted octanol–water partition coefficient (Wildman–Crippen LogP) is 0.738. The smallest absolute Gasteiger partial charge is 0.243 e. The molecule has 0 aliphatic carbocycles. The summed E-state index contributed by atoms with van der Waals surface area (Å²) < 4.78 is 28.2. The number of piperazine rings is 1. The molecule has 30 heavy (non-hydrogen) atoms. The molecule has 3 rings (SSSR count). The van der Waals surface area contributed by atoms with E-state index in [1.54, 1.807) is 28.9 Å². The Kier molecular flexibility index (Phi) is 7.49.